The summed E-state index contributed by atoms with van der Waals surface area (Å²) in [6.07, 6.45) is 3.90. The van der Waals surface area contributed by atoms with Crippen LogP contribution in [0.2, 0.25) is 0 Å². The maximum absolute atomic E-state index is 14.9. The number of hydrogen-bond donors (Lipinski definition) is 14. The van der Waals surface area contributed by atoms with E-state index in [0.29, 0.717) is 34.0 Å². The number of rotatable bonds is 35. The van der Waals surface area contributed by atoms with Gasteiger partial charge in [0.2, 0.25) is 47.3 Å². The van der Waals surface area contributed by atoms with Crippen LogP contribution in [-0.4, -0.2) is 148 Å². The van der Waals surface area contributed by atoms with Crippen molar-refractivity contribution in [3.05, 3.63) is 126 Å². The van der Waals surface area contributed by atoms with Crippen LogP contribution in [0.15, 0.2) is 115 Å². The molecular formula is C61H81N15O11. The number of fused-ring (bicyclic) bond motifs is 1. The topological polar surface area (TPSA) is 432 Å². The molecule has 0 fully saturated rings. The third-order valence-electron chi connectivity index (χ3n) is 14.2. The van der Waals surface area contributed by atoms with Crippen LogP contribution in [-0.2, 0) is 67.2 Å². The Bertz CT molecular complexity index is 3170. The Labute approximate surface area is 504 Å². The van der Waals surface area contributed by atoms with Crippen molar-refractivity contribution in [2.24, 2.45) is 33.8 Å². The van der Waals surface area contributed by atoms with E-state index in [1.165, 1.54) is 19.3 Å². The van der Waals surface area contributed by atoms with Gasteiger partial charge in [-0.15, -0.1) is 0 Å². The van der Waals surface area contributed by atoms with E-state index in [1.54, 1.807) is 75.5 Å². The van der Waals surface area contributed by atoms with Gasteiger partial charge in [-0.25, -0.2) is 0 Å². The van der Waals surface area contributed by atoms with Crippen molar-refractivity contribution in [2.45, 2.75) is 134 Å². The average Bonchev–Trinajstić information content (AvgIpc) is 3.45. The van der Waals surface area contributed by atoms with Crippen molar-refractivity contribution in [1.29, 1.82) is 0 Å². The predicted octanol–water partition coefficient (Wildman–Crippen LogP) is 0.0171. The number of pyridine rings is 1. The zero-order valence-electron chi connectivity index (χ0n) is 49.3. The van der Waals surface area contributed by atoms with Crippen LogP contribution in [0.3, 0.4) is 0 Å². The molecule has 466 valence electrons. The minimum atomic E-state index is -1.86. The van der Waals surface area contributed by atoms with E-state index in [-0.39, 0.29) is 76.3 Å². The fraction of sp³-hybridized carbons (Fsp3) is 0.410. The molecule has 0 bridgehead atoms. The number of carbonyl (C=O) groups is 10. The molecule has 0 aliphatic rings. The highest BCUT2D eigenvalue weighted by atomic mass is 16.4. The maximum atomic E-state index is 14.9. The van der Waals surface area contributed by atoms with E-state index in [1.807, 2.05) is 42.5 Å². The Morgan fingerprint density at radius 3 is 1.66 bits per heavy atom. The van der Waals surface area contributed by atoms with Gasteiger partial charge in [0.05, 0.1) is 12.5 Å². The molecule has 0 aliphatic heterocycles. The number of hydrogen-bond acceptors (Lipinski definition) is 14. The molecule has 0 saturated carbocycles. The molecule has 8 atom stereocenters. The fourth-order valence-electron chi connectivity index (χ4n) is 9.40. The number of para-hydroxylation sites is 1. The van der Waals surface area contributed by atoms with Gasteiger partial charge in [0.25, 0.3) is 0 Å². The number of aromatic nitrogens is 2. The summed E-state index contributed by atoms with van der Waals surface area (Å²) < 4.78 is 0. The molecular weight excluding hydrogens is 1120 g/mol. The van der Waals surface area contributed by atoms with E-state index in [9.17, 15) is 53.1 Å². The molecule has 0 spiro atoms. The van der Waals surface area contributed by atoms with Crippen LogP contribution in [0, 0.1) is 5.92 Å². The summed E-state index contributed by atoms with van der Waals surface area (Å²) in [6, 6.07) is 15.9. The summed E-state index contributed by atoms with van der Waals surface area (Å²) >= 11 is 0. The third kappa shape index (κ3) is 21.8. The fourth-order valence-corrected chi connectivity index (χ4v) is 9.40. The van der Waals surface area contributed by atoms with Crippen LogP contribution in [0.5, 0.6) is 0 Å². The van der Waals surface area contributed by atoms with Crippen molar-refractivity contribution < 1.29 is 53.1 Å². The number of aromatic amines is 1. The predicted molar refractivity (Wildman–Crippen MR) is 326 cm³/mol. The molecule has 26 heteroatoms. The highest BCUT2D eigenvalue weighted by Crippen LogP contribution is 2.22. The number of aliphatic carboxylic acids is 1. The van der Waals surface area contributed by atoms with E-state index in [4.69, 9.17) is 22.9 Å². The van der Waals surface area contributed by atoms with Crippen molar-refractivity contribution in [3.8, 4) is 11.1 Å². The Hall–Kier alpha value is -9.56. The number of amides is 8. The molecule has 87 heavy (non-hydrogen) atoms. The molecule has 5 aromatic rings. The number of H-pyrrole nitrogens is 1. The van der Waals surface area contributed by atoms with Crippen LogP contribution in [0.4, 0.5) is 0 Å². The Balaban J connectivity index is 1.47. The number of nitrogens with two attached hydrogens (primary N) is 4. The van der Waals surface area contributed by atoms with E-state index >= 15 is 0 Å². The van der Waals surface area contributed by atoms with Gasteiger partial charge < -0.3 is 75.6 Å². The summed E-state index contributed by atoms with van der Waals surface area (Å²) in [4.78, 5) is 149. The lowest BCUT2D eigenvalue weighted by Gasteiger charge is -2.29. The molecule has 8 amide bonds. The van der Waals surface area contributed by atoms with Gasteiger partial charge in [0.15, 0.2) is 11.7 Å². The van der Waals surface area contributed by atoms with E-state index in [0.717, 1.165) is 11.1 Å². The van der Waals surface area contributed by atoms with Gasteiger partial charge in [-0.05, 0) is 91.1 Å². The van der Waals surface area contributed by atoms with E-state index < -0.39 is 114 Å². The summed E-state index contributed by atoms with van der Waals surface area (Å²) in [6.45, 7) is 6.18. The smallest absolute Gasteiger partial charge is 0.305 e. The lowest BCUT2D eigenvalue weighted by Crippen LogP contribution is -2.62. The number of nitrogens with zero attached hydrogens (tertiary/aromatic N) is 2. The molecule has 0 unspecified atom stereocenters. The maximum Gasteiger partial charge on any atom is 0.305 e. The first-order valence-corrected chi connectivity index (χ1v) is 28.8. The second-order valence-electron chi connectivity index (χ2n) is 21.3. The highest BCUT2D eigenvalue weighted by Gasteiger charge is 2.37. The van der Waals surface area contributed by atoms with Crippen LogP contribution < -0.4 is 65.5 Å². The molecule has 0 radical (unpaired) electrons. The molecule has 2 heterocycles. The van der Waals surface area contributed by atoms with Crippen molar-refractivity contribution in [2.75, 3.05) is 19.6 Å². The number of Topliss-reactive ketones (excluding diaryl/α,β-unsaturated/α-hetero) is 1. The minimum absolute atomic E-state index is 0.00545. The average molecular weight is 1200 g/mol. The highest BCUT2D eigenvalue weighted by molar-refractivity contribution is 5.99. The monoisotopic (exact) mass is 1200 g/mol. The molecule has 0 saturated heterocycles. The molecule has 26 nitrogen and oxygen atoms in total. The van der Waals surface area contributed by atoms with Gasteiger partial charge in [0.1, 0.15) is 42.3 Å². The molecule has 0 aliphatic carbocycles. The summed E-state index contributed by atoms with van der Waals surface area (Å²) in [5, 5.41) is 31.9. The van der Waals surface area contributed by atoms with Crippen molar-refractivity contribution in [1.82, 2.24) is 52.5 Å². The number of aliphatic imine (C=N–C) groups is 1. The third-order valence-corrected chi connectivity index (χ3v) is 14.2. The first-order chi connectivity index (χ1) is 41.6. The molecule has 2 aromatic heterocycles. The number of benzene rings is 3. The van der Waals surface area contributed by atoms with Gasteiger partial charge in [-0.1, -0.05) is 93.6 Å². The SMILES string of the molecule is CCC(=O)N[C@@H](CN)C(=O)N[C@@H](Cc1ccncc1)C(=O)N[C@@H](CC(=O)O)C(=O)N[C@@H](Cc1c[nH]c2ccccc12)C(=O)N[C@H](C(=O)N[C@@H](Cc1ccc(-c2ccccc2)cc1)C(=O)N[C@@H](CCCN=C(N)N)C(=O)N[C@@H](CCCN)C(C)=O)C(C)C. The zero-order chi connectivity index (χ0) is 63.6. The van der Waals surface area contributed by atoms with Crippen molar-refractivity contribution in [3.63, 3.8) is 0 Å². The van der Waals surface area contributed by atoms with Gasteiger partial charge >= 0.3 is 5.97 Å². The second kappa shape index (κ2) is 34.4. The normalized spacial score (nSPS) is 13.8. The number of nitrogens with one attached hydrogen (secondary N) is 9. The summed E-state index contributed by atoms with van der Waals surface area (Å²) in [5.74, 6) is -9.42. The Morgan fingerprint density at radius 1 is 0.563 bits per heavy atom. The number of ketones is 1. The number of carboxylic acids is 1. The van der Waals surface area contributed by atoms with Gasteiger partial charge in [-0.3, -0.25) is 57.9 Å². The van der Waals surface area contributed by atoms with Gasteiger partial charge in [0, 0.05) is 68.3 Å². The van der Waals surface area contributed by atoms with E-state index in [2.05, 4.69) is 57.5 Å². The van der Waals surface area contributed by atoms with Crippen molar-refractivity contribution >= 4 is 75.9 Å². The Morgan fingerprint density at radius 2 is 1.07 bits per heavy atom. The number of guanidine groups is 1. The number of carbonyl (C=O) groups excluding carboxylic acids is 9. The van der Waals surface area contributed by atoms with Crippen LogP contribution in [0.25, 0.3) is 22.0 Å². The quantitative estimate of drug-likeness (QED) is 0.0144. The summed E-state index contributed by atoms with van der Waals surface area (Å²) in [5.41, 5.74) is 26.8. The summed E-state index contributed by atoms with van der Waals surface area (Å²) in [7, 11) is 0. The minimum Gasteiger partial charge on any atom is -0.481 e. The first kappa shape index (κ1) is 68.2. The van der Waals surface area contributed by atoms with Crippen LogP contribution in [0.1, 0.15) is 82.9 Å². The van der Waals surface area contributed by atoms with Gasteiger partial charge in [-0.2, -0.15) is 0 Å². The molecule has 18 N–H and O–H groups in total. The lowest BCUT2D eigenvalue weighted by atomic mass is 9.98. The molecule has 5 rings (SSSR count). The number of carboxylic acid groups (broad SMARTS) is 1. The second-order valence-corrected chi connectivity index (χ2v) is 21.3. The standard InChI is InChI=1S/C61H81N15O11/c1-5-51(78)69-50(33-63)59(86)72-46(30-38-23-27-66-28-24-38)56(83)74-49(32-52(79)80)57(84)73-48(31-41-34-68-44-16-10-9-15-42(41)44)58(85)76-53(35(2)3)60(87)75-47(29-37-19-21-40(22-20-37)39-13-7-6-8-14-39)55(82)71-45(18-12-26-67-61(64)65)54(81)70-43(36(4)77)17-11-25-62/h6-10,13-16,19-24,27-28,34-35,43,45-50,53,68H,5,11-12,17-18,25-26,29-33,62-63H2,1-4H3,(H,69,78)(H,70,81)(H,71,82)(H,72,86)(H,73,84)(H,74,83)(H,75,87)(H,76,85)(H,79,80)(H4,64,65,67)/t43-,45-,46-,47-,48-,49-,50-,53-/m0/s1. The zero-order valence-corrected chi connectivity index (χ0v) is 49.3. The first-order valence-electron chi connectivity index (χ1n) is 28.8. The van der Waals surface area contributed by atoms with Crippen LogP contribution >= 0.6 is 0 Å². The molecule has 3 aromatic carbocycles. The lowest BCUT2D eigenvalue weighted by molar-refractivity contribution is -0.141. The Kier molecular flexibility index (Phi) is 27.0. The largest absolute Gasteiger partial charge is 0.481 e.